The molecule has 3 amide bonds. The Morgan fingerprint density at radius 3 is 2.24 bits per heavy atom. The molecule has 7 nitrogen and oxygen atoms in total. The highest BCUT2D eigenvalue weighted by Crippen LogP contribution is 2.27. The quantitative estimate of drug-likeness (QED) is 0.526. The fourth-order valence-electron chi connectivity index (χ4n) is 3.57. The Kier molecular flexibility index (Phi) is 7.15. The third kappa shape index (κ3) is 5.84. The zero-order chi connectivity index (χ0) is 25.2. The number of amides is 3. The summed E-state index contributed by atoms with van der Waals surface area (Å²) in [6.45, 7) is 14.2. The maximum atomic E-state index is 12.9. The number of hydrogen-bond donors (Lipinski definition) is 2. The number of rotatable bonds is 5. The zero-order valence-corrected chi connectivity index (χ0v) is 21.4. The molecule has 7 heteroatoms. The molecule has 34 heavy (non-hydrogen) atoms. The Labute approximate surface area is 202 Å². The van der Waals surface area contributed by atoms with Gasteiger partial charge in [-0.05, 0) is 62.6 Å². The SMILES string of the molecule is Cc1ccc(-n2nc(C(C)(C)C)cc2NC(=O)CN(C)C(=O)Nc2ccc(C)c(C)c2)c(C)c1. The summed E-state index contributed by atoms with van der Waals surface area (Å²) in [6, 6.07) is 13.4. The van der Waals surface area contributed by atoms with Gasteiger partial charge in [-0.15, -0.1) is 0 Å². The van der Waals surface area contributed by atoms with Gasteiger partial charge in [0.15, 0.2) is 0 Å². The van der Waals surface area contributed by atoms with Gasteiger partial charge in [-0.3, -0.25) is 4.79 Å². The Morgan fingerprint density at radius 2 is 1.62 bits per heavy atom. The molecule has 2 aromatic carbocycles. The second kappa shape index (κ2) is 9.71. The number of aromatic nitrogens is 2. The van der Waals surface area contributed by atoms with Gasteiger partial charge in [-0.2, -0.15) is 5.10 Å². The molecule has 2 N–H and O–H groups in total. The number of urea groups is 1. The highest BCUT2D eigenvalue weighted by atomic mass is 16.2. The lowest BCUT2D eigenvalue weighted by Gasteiger charge is -2.18. The molecule has 0 aliphatic heterocycles. The summed E-state index contributed by atoms with van der Waals surface area (Å²) in [6.07, 6.45) is 0. The van der Waals surface area contributed by atoms with Crippen molar-refractivity contribution in [2.45, 2.75) is 53.9 Å². The molecule has 0 fully saturated rings. The Balaban J connectivity index is 1.77. The van der Waals surface area contributed by atoms with Crippen molar-refractivity contribution in [1.82, 2.24) is 14.7 Å². The van der Waals surface area contributed by atoms with Crippen LogP contribution in [0, 0.1) is 27.7 Å². The van der Waals surface area contributed by atoms with E-state index >= 15 is 0 Å². The molecule has 0 aliphatic rings. The summed E-state index contributed by atoms with van der Waals surface area (Å²) >= 11 is 0. The van der Waals surface area contributed by atoms with Gasteiger partial charge < -0.3 is 15.5 Å². The fourth-order valence-corrected chi connectivity index (χ4v) is 3.57. The summed E-state index contributed by atoms with van der Waals surface area (Å²) < 4.78 is 1.77. The van der Waals surface area contributed by atoms with Gasteiger partial charge in [0.2, 0.25) is 5.91 Å². The average Bonchev–Trinajstić information content (AvgIpc) is 3.14. The van der Waals surface area contributed by atoms with Crippen LogP contribution in [0.15, 0.2) is 42.5 Å². The highest BCUT2D eigenvalue weighted by molar-refractivity contribution is 5.96. The number of carbonyl (C=O) groups excluding carboxylic acids is 2. The van der Waals surface area contributed by atoms with Crippen molar-refractivity contribution >= 4 is 23.4 Å². The first-order valence-electron chi connectivity index (χ1n) is 11.4. The molecule has 3 aromatic rings. The van der Waals surface area contributed by atoms with Gasteiger partial charge in [0.25, 0.3) is 0 Å². The number of nitrogens with one attached hydrogen (secondary N) is 2. The van der Waals surface area contributed by atoms with Crippen LogP contribution in [0.4, 0.5) is 16.3 Å². The predicted molar refractivity (Wildman–Crippen MR) is 138 cm³/mol. The van der Waals surface area contributed by atoms with Crippen molar-refractivity contribution in [3.8, 4) is 5.69 Å². The minimum absolute atomic E-state index is 0.0976. The van der Waals surface area contributed by atoms with Crippen LogP contribution in [0.1, 0.15) is 48.7 Å². The molecular formula is C27H35N5O2. The molecule has 0 unspecified atom stereocenters. The van der Waals surface area contributed by atoms with Crippen LogP contribution in [0.2, 0.25) is 0 Å². The van der Waals surface area contributed by atoms with Crippen LogP contribution in [0.5, 0.6) is 0 Å². The van der Waals surface area contributed by atoms with Gasteiger partial charge in [0.1, 0.15) is 12.4 Å². The van der Waals surface area contributed by atoms with Crippen LogP contribution in [0.3, 0.4) is 0 Å². The molecule has 0 radical (unpaired) electrons. The summed E-state index contributed by atoms with van der Waals surface area (Å²) in [4.78, 5) is 26.9. The van der Waals surface area contributed by atoms with E-state index in [1.165, 1.54) is 4.90 Å². The average molecular weight is 462 g/mol. The summed E-state index contributed by atoms with van der Waals surface area (Å²) in [5.41, 5.74) is 6.74. The maximum Gasteiger partial charge on any atom is 0.322 e. The summed E-state index contributed by atoms with van der Waals surface area (Å²) in [5.74, 6) is 0.272. The smallest absolute Gasteiger partial charge is 0.318 e. The van der Waals surface area contributed by atoms with Crippen molar-refractivity contribution in [2.75, 3.05) is 24.2 Å². The van der Waals surface area contributed by atoms with Crippen molar-refractivity contribution < 1.29 is 9.59 Å². The van der Waals surface area contributed by atoms with E-state index < -0.39 is 0 Å². The monoisotopic (exact) mass is 461 g/mol. The molecule has 180 valence electrons. The number of carbonyl (C=O) groups is 2. The van der Waals surface area contributed by atoms with E-state index in [2.05, 4.69) is 37.5 Å². The van der Waals surface area contributed by atoms with Crippen LogP contribution in [-0.2, 0) is 10.2 Å². The van der Waals surface area contributed by atoms with Crippen molar-refractivity contribution in [3.63, 3.8) is 0 Å². The van der Waals surface area contributed by atoms with Crippen molar-refractivity contribution in [1.29, 1.82) is 0 Å². The molecule has 0 saturated carbocycles. The number of aryl methyl sites for hydroxylation is 4. The minimum atomic E-state index is -0.350. The van der Waals surface area contributed by atoms with Gasteiger partial charge in [0.05, 0.1) is 11.4 Å². The number of nitrogens with zero attached hydrogens (tertiary/aromatic N) is 3. The predicted octanol–water partition coefficient (Wildman–Crippen LogP) is 5.51. The normalized spacial score (nSPS) is 11.3. The van der Waals surface area contributed by atoms with E-state index in [0.29, 0.717) is 11.5 Å². The Bertz CT molecular complexity index is 1220. The lowest BCUT2D eigenvalue weighted by molar-refractivity contribution is -0.116. The standard InChI is InChI=1S/C27H35N5O2/c1-17-9-12-22(20(4)13-17)32-24(15-23(30-32)27(5,6)7)29-25(33)16-31(8)26(34)28-21-11-10-18(2)19(3)14-21/h9-15H,16H2,1-8H3,(H,28,34)(H,29,33). The van der Waals surface area contributed by atoms with E-state index in [4.69, 9.17) is 5.10 Å². The van der Waals surface area contributed by atoms with Crippen molar-refractivity contribution in [2.24, 2.45) is 0 Å². The van der Waals surface area contributed by atoms with Crippen LogP contribution in [0.25, 0.3) is 5.69 Å². The molecule has 0 bridgehead atoms. The van der Waals surface area contributed by atoms with E-state index in [0.717, 1.165) is 33.6 Å². The number of likely N-dealkylation sites (N-methyl/N-ethyl adjacent to an activating group) is 1. The van der Waals surface area contributed by atoms with E-state index in [1.54, 1.807) is 11.7 Å². The largest absolute Gasteiger partial charge is 0.322 e. The van der Waals surface area contributed by atoms with E-state index in [9.17, 15) is 9.59 Å². The number of hydrogen-bond acceptors (Lipinski definition) is 3. The molecule has 0 saturated heterocycles. The van der Waals surface area contributed by atoms with Gasteiger partial charge in [0, 0.05) is 24.2 Å². The third-order valence-corrected chi connectivity index (χ3v) is 5.81. The molecule has 1 aromatic heterocycles. The highest BCUT2D eigenvalue weighted by Gasteiger charge is 2.23. The zero-order valence-electron chi connectivity index (χ0n) is 21.4. The van der Waals surface area contributed by atoms with Crippen LogP contribution in [-0.4, -0.2) is 40.2 Å². The molecular weight excluding hydrogens is 426 g/mol. The van der Waals surface area contributed by atoms with E-state index in [1.807, 2.05) is 64.1 Å². The third-order valence-electron chi connectivity index (χ3n) is 5.81. The fraction of sp³-hybridized carbons (Fsp3) is 0.370. The minimum Gasteiger partial charge on any atom is -0.318 e. The molecule has 0 spiro atoms. The van der Waals surface area contributed by atoms with Crippen LogP contribution < -0.4 is 10.6 Å². The second-order valence-corrected chi connectivity index (χ2v) is 10.00. The first kappa shape index (κ1) is 25.0. The molecule has 1 heterocycles. The second-order valence-electron chi connectivity index (χ2n) is 10.00. The topological polar surface area (TPSA) is 79.3 Å². The van der Waals surface area contributed by atoms with E-state index in [-0.39, 0.29) is 23.9 Å². The molecule has 0 atom stereocenters. The Morgan fingerprint density at radius 1 is 0.912 bits per heavy atom. The summed E-state index contributed by atoms with van der Waals surface area (Å²) in [5, 5.41) is 10.6. The lowest BCUT2D eigenvalue weighted by Crippen LogP contribution is -2.38. The molecule has 0 aliphatic carbocycles. The lowest BCUT2D eigenvalue weighted by atomic mass is 9.92. The summed E-state index contributed by atoms with van der Waals surface area (Å²) in [7, 11) is 1.60. The maximum absolute atomic E-state index is 12.9. The van der Waals surface area contributed by atoms with Gasteiger partial charge >= 0.3 is 6.03 Å². The first-order valence-corrected chi connectivity index (χ1v) is 11.4. The Hall–Kier alpha value is -3.61. The molecule has 3 rings (SSSR count). The number of anilines is 2. The van der Waals surface area contributed by atoms with Gasteiger partial charge in [-0.1, -0.05) is 44.5 Å². The number of benzene rings is 2. The first-order chi connectivity index (χ1) is 15.8. The van der Waals surface area contributed by atoms with Gasteiger partial charge in [-0.25, -0.2) is 9.48 Å². The van der Waals surface area contributed by atoms with Crippen molar-refractivity contribution in [3.05, 3.63) is 70.4 Å². The van der Waals surface area contributed by atoms with Crippen LogP contribution >= 0.6 is 0 Å².